The second-order valence-electron chi connectivity index (χ2n) is 6.48. The largest absolute Gasteiger partial charge is 0.507 e. The average Bonchev–Trinajstić information content (AvgIpc) is 2.79. The number of amides is 1. The zero-order valence-electron chi connectivity index (χ0n) is 16.8. The van der Waals surface area contributed by atoms with Gasteiger partial charge in [0, 0.05) is 16.6 Å². The van der Waals surface area contributed by atoms with Gasteiger partial charge in [-0.15, -0.1) is 0 Å². The second kappa shape index (κ2) is 10.4. The zero-order valence-corrected chi connectivity index (χ0v) is 18.4. The zero-order chi connectivity index (χ0) is 23.1. The Hall–Kier alpha value is -3.92. The number of nitrogens with one attached hydrogen (secondary N) is 1. The molecule has 0 atom stereocenters. The number of nitrogens with zero attached hydrogens (tertiary/aromatic N) is 2. The quantitative estimate of drug-likeness (QED) is 0.268. The Morgan fingerprint density at radius 1 is 1.16 bits per heavy atom. The smallest absolute Gasteiger partial charge is 0.275 e. The SMILES string of the molecule is COc1ccc(/C=N/NC(=O)c2cc(Br)ccc2O)cc1OCc1ccc([N+](=O)[O-])cc1. The molecule has 9 nitrogen and oxygen atoms in total. The van der Waals surface area contributed by atoms with Gasteiger partial charge >= 0.3 is 0 Å². The van der Waals surface area contributed by atoms with Gasteiger partial charge in [0.2, 0.25) is 0 Å². The summed E-state index contributed by atoms with van der Waals surface area (Å²) in [7, 11) is 1.51. The molecule has 0 aliphatic carbocycles. The molecule has 0 saturated heterocycles. The molecule has 3 rings (SSSR count). The van der Waals surface area contributed by atoms with Crippen molar-refractivity contribution in [1.82, 2.24) is 5.43 Å². The van der Waals surface area contributed by atoms with E-state index < -0.39 is 10.8 Å². The topological polar surface area (TPSA) is 123 Å². The Balaban J connectivity index is 1.67. The van der Waals surface area contributed by atoms with E-state index in [0.717, 1.165) is 5.56 Å². The number of rotatable bonds is 8. The van der Waals surface area contributed by atoms with Crippen molar-refractivity contribution in [2.75, 3.05) is 7.11 Å². The monoisotopic (exact) mass is 499 g/mol. The molecular formula is C22H18BrN3O6. The number of non-ortho nitro benzene ring substituents is 1. The van der Waals surface area contributed by atoms with Gasteiger partial charge in [-0.3, -0.25) is 14.9 Å². The van der Waals surface area contributed by atoms with Gasteiger partial charge in [-0.25, -0.2) is 5.43 Å². The molecule has 0 saturated carbocycles. The number of nitro benzene ring substituents is 1. The van der Waals surface area contributed by atoms with Gasteiger partial charge in [-0.05, 0) is 59.7 Å². The number of carbonyl (C=O) groups is 1. The van der Waals surface area contributed by atoms with Crippen molar-refractivity contribution in [3.8, 4) is 17.2 Å². The Morgan fingerprint density at radius 2 is 1.91 bits per heavy atom. The number of hydrogen-bond acceptors (Lipinski definition) is 7. The lowest BCUT2D eigenvalue weighted by atomic mass is 10.2. The molecule has 0 fully saturated rings. The fourth-order valence-corrected chi connectivity index (χ4v) is 3.04. The minimum Gasteiger partial charge on any atom is -0.507 e. The number of ether oxygens (including phenoxy) is 2. The summed E-state index contributed by atoms with van der Waals surface area (Å²) in [5.74, 6) is 0.202. The summed E-state index contributed by atoms with van der Waals surface area (Å²) in [6, 6.07) is 15.6. The third kappa shape index (κ3) is 5.82. The van der Waals surface area contributed by atoms with Crippen molar-refractivity contribution >= 4 is 33.7 Å². The number of hydrazone groups is 1. The molecule has 0 spiro atoms. The van der Waals surface area contributed by atoms with E-state index in [1.807, 2.05) is 0 Å². The first-order chi connectivity index (χ1) is 15.4. The first kappa shape index (κ1) is 22.8. The molecule has 1 amide bonds. The Kier molecular flexibility index (Phi) is 7.40. The van der Waals surface area contributed by atoms with Crippen molar-refractivity contribution < 1.29 is 24.3 Å². The van der Waals surface area contributed by atoms with Crippen molar-refractivity contribution in [2.24, 2.45) is 5.10 Å². The van der Waals surface area contributed by atoms with Gasteiger partial charge in [0.25, 0.3) is 11.6 Å². The molecule has 0 aromatic heterocycles. The summed E-state index contributed by atoms with van der Waals surface area (Å²) in [4.78, 5) is 22.5. The van der Waals surface area contributed by atoms with E-state index in [1.54, 1.807) is 36.4 Å². The third-order valence-electron chi connectivity index (χ3n) is 4.31. The van der Waals surface area contributed by atoms with Crippen molar-refractivity contribution in [3.05, 3.63) is 91.9 Å². The van der Waals surface area contributed by atoms with Gasteiger partial charge in [0.1, 0.15) is 12.4 Å². The lowest BCUT2D eigenvalue weighted by Crippen LogP contribution is -2.17. The fourth-order valence-electron chi connectivity index (χ4n) is 2.68. The van der Waals surface area contributed by atoms with Crippen LogP contribution in [0.5, 0.6) is 17.2 Å². The number of nitro groups is 1. The normalized spacial score (nSPS) is 10.7. The number of phenols is 1. The average molecular weight is 500 g/mol. The van der Waals surface area contributed by atoms with Gasteiger partial charge in [-0.2, -0.15) is 5.10 Å². The molecule has 0 radical (unpaired) electrons. The molecule has 164 valence electrons. The lowest BCUT2D eigenvalue weighted by molar-refractivity contribution is -0.384. The van der Waals surface area contributed by atoms with E-state index in [2.05, 4.69) is 26.5 Å². The van der Waals surface area contributed by atoms with Crippen LogP contribution in [0.3, 0.4) is 0 Å². The van der Waals surface area contributed by atoms with Crippen LogP contribution in [-0.4, -0.2) is 29.3 Å². The van der Waals surface area contributed by atoms with Crippen LogP contribution < -0.4 is 14.9 Å². The summed E-state index contributed by atoms with van der Waals surface area (Å²) in [5, 5.41) is 24.5. The first-order valence-electron chi connectivity index (χ1n) is 9.23. The van der Waals surface area contributed by atoms with Gasteiger partial charge in [-0.1, -0.05) is 15.9 Å². The predicted octanol–water partition coefficient (Wildman–Crippen LogP) is 4.41. The molecule has 0 unspecified atom stereocenters. The van der Waals surface area contributed by atoms with Crippen molar-refractivity contribution in [3.63, 3.8) is 0 Å². The molecule has 0 aliphatic heterocycles. The van der Waals surface area contributed by atoms with E-state index in [1.165, 1.54) is 37.6 Å². The van der Waals surface area contributed by atoms with Crippen molar-refractivity contribution in [2.45, 2.75) is 6.61 Å². The molecule has 0 aliphatic rings. The third-order valence-corrected chi connectivity index (χ3v) is 4.81. The maximum atomic E-state index is 12.2. The Morgan fingerprint density at radius 3 is 2.59 bits per heavy atom. The lowest BCUT2D eigenvalue weighted by Gasteiger charge is -2.11. The summed E-state index contributed by atoms with van der Waals surface area (Å²) < 4.78 is 11.7. The number of methoxy groups -OCH3 is 1. The van der Waals surface area contributed by atoms with Gasteiger partial charge in [0.05, 0.1) is 23.8 Å². The number of phenolic OH excluding ortho intramolecular Hbond substituents is 1. The van der Waals surface area contributed by atoms with E-state index in [0.29, 0.717) is 21.5 Å². The van der Waals surface area contributed by atoms with Crippen LogP contribution in [0.25, 0.3) is 0 Å². The number of hydrogen-bond donors (Lipinski definition) is 2. The van der Waals surface area contributed by atoms with Crippen LogP contribution in [-0.2, 0) is 6.61 Å². The molecule has 32 heavy (non-hydrogen) atoms. The van der Waals surface area contributed by atoms with Gasteiger partial charge in [0.15, 0.2) is 11.5 Å². The highest BCUT2D eigenvalue weighted by Crippen LogP contribution is 2.28. The van der Waals surface area contributed by atoms with Crippen LogP contribution in [0, 0.1) is 10.1 Å². The van der Waals surface area contributed by atoms with Crippen LogP contribution in [0.15, 0.2) is 70.2 Å². The Labute approximate surface area is 191 Å². The predicted molar refractivity (Wildman–Crippen MR) is 121 cm³/mol. The van der Waals surface area contributed by atoms with Crippen LogP contribution in [0.2, 0.25) is 0 Å². The number of aromatic hydroxyl groups is 1. The summed E-state index contributed by atoms with van der Waals surface area (Å²) in [6.45, 7) is 0.174. The summed E-state index contributed by atoms with van der Waals surface area (Å²) in [5.41, 5.74) is 3.82. The molecule has 0 bridgehead atoms. The molecular weight excluding hydrogens is 482 g/mol. The minimum atomic E-state index is -0.566. The van der Waals surface area contributed by atoms with E-state index in [9.17, 15) is 20.0 Å². The van der Waals surface area contributed by atoms with Gasteiger partial charge < -0.3 is 14.6 Å². The van der Waals surface area contributed by atoms with E-state index in [-0.39, 0.29) is 23.6 Å². The number of halogens is 1. The Bertz CT molecular complexity index is 1160. The highest BCUT2D eigenvalue weighted by molar-refractivity contribution is 9.10. The minimum absolute atomic E-state index is 0.00256. The highest BCUT2D eigenvalue weighted by Gasteiger charge is 2.11. The molecule has 10 heteroatoms. The standard InChI is InChI=1S/C22H18BrN3O6/c1-31-20-9-4-15(12-24-25-22(28)18-11-16(23)5-8-19(18)27)10-21(20)32-13-14-2-6-17(7-3-14)26(29)30/h2-12,27H,13H2,1H3,(H,25,28)/b24-12+. The van der Waals surface area contributed by atoms with Crippen LogP contribution in [0.4, 0.5) is 5.69 Å². The molecule has 3 aromatic carbocycles. The fraction of sp³-hybridized carbons (Fsp3) is 0.0909. The summed E-state index contributed by atoms with van der Waals surface area (Å²) >= 11 is 3.25. The van der Waals surface area contributed by atoms with E-state index in [4.69, 9.17) is 9.47 Å². The van der Waals surface area contributed by atoms with Crippen LogP contribution in [0.1, 0.15) is 21.5 Å². The highest BCUT2D eigenvalue weighted by atomic mass is 79.9. The number of benzene rings is 3. The second-order valence-corrected chi connectivity index (χ2v) is 7.40. The maximum absolute atomic E-state index is 12.2. The molecule has 3 aromatic rings. The molecule has 2 N–H and O–H groups in total. The summed E-state index contributed by atoms with van der Waals surface area (Å²) in [6.07, 6.45) is 1.42. The first-order valence-corrected chi connectivity index (χ1v) is 10.0. The maximum Gasteiger partial charge on any atom is 0.275 e. The van der Waals surface area contributed by atoms with Crippen LogP contribution >= 0.6 is 15.9 Å². The van der Waals surface area contributed by atoms with Crippen molar-refractivity contribution in [1.29, 1.82) is 0 Å². The van der Waals surface area contributed by atoms with E-state index >= 15 is 0 Å². The number of carbonyl (C=O) groups excluding carboxylic acids is 1. The molecule has 0 heterocycles.